The van der Waals surface area contributed by atoms with E-state index >= 15 is 0 Å². The number of nitrogens with one attached hydrogen (secondary N) is 1. The summed E-state index contributed by atoms with van der Waals surface area (Å²) in [6.45, 7) is 1.70. The lowest BCUT2D eigenvalue weighted by Crippen LogP contribution is -2.33. The molecule has 2 aromatic carbocycles. The third kappa shape index (κ3) is 6.85. The second kappa shape index (κ2) is 9.69. The van der Waals surface area contributed by atoms with Gasteiger partial charge >= 0.3 is 5.97 Å². The fourth-order valence-corrected chi connectivity index (χ4v) is 2.18. The Morgan fingerprint density at radius 1 is 1.08 bits per heavy atom. The smallest absolute Gasteiger partial charge is 0.347 e. The van der Waals surface area contributed by atoms with Crippen LogP contribution in [0.4, 0.5) is 0 Å². The molecule has 5 nitrogen and oxygen atoms in total. The maximum atomic E-state index is 11.8. The van der Waals surface area contributed by atoms with E-state index in [1.165, 1.54) is 0 Å². The van der Waals surface area contributed by atoms with Crippen LogP contribution < -0.4 is 10.1 Å². The molecule has 1 atom stereocenters. The van der Waals surface area contributed by atoms with Crippen molar-refractivity contribution < 1.29 is 19.1 Å². The summed E-state index contributed by atoms with van der Waals surface area (Å²) in [5.41, 5.74) is 1.06. The van der Waals surface area contributed by atoms with Crippen LogP contribution in [0.15, 0.2) is 54.6 Å². The maximum absolute atomic E-state index is 11.8. The highest BCUT2D eigenvalue weighted by atomic mass is 35.5. The number of benzene rings is 2. The molecule has 0 spiro atoms. The number of carbonyl (C=O) groups excluding carboxylic acids is 2. The van der Waals surface area contributed by atoms with Crippen molar-refractivity contribution in [3.63, 3.8) is 0 Å². The molecule has 2 rings (SSSR count). The van der Waals surface area contributed by atoms with E-state index in [-0.39, 0.29) is 12.5 Å². The molecular weight excluding hydrogens is 342 g/mol. The molecule has 0 saturated heterocycles. The zero-order valence-corrected chi connectivity index (χ0v) is 14.7. The van der Waals surface area contributed by atoms with E-state index in [9.17, 15) is 9.59 Å². The van der Waals surface area contributed by atoms with Crippen molar-refractivity contribution in [2.24, 2.45) is 0 Å². The fourth-order valence-electron chi connectivity index (χ4n) is 2.05. The van der Waals surface area contributed by atoms with Gasteiger partial charge < -0.3 is 14.8 Å². The van der Waals surface area contributed by atoms with E-state index < -0.39 is 12.1 Å². The molecule has 1 N–H and O–H groups in total. The summed E-state index contributed by atoms with van der Waals surface area (Å²) in [6, 6.07) is 16.4. The van der Waals surface area contributed by atoms with Crippen molar-refractivity contribution in [3.05, 3.63) is 65.2 Å². The van der Waals surface area contributed by atoms with Gasteiger partial charge in [-0.25, -0.2) is 4.79 Å². The highest BCUT2D eigenvalue weighted by Crippen LogP contribution is 2.11. The Kier molecular flexibility index (Phi) is 7.29. The second-order valence-corrected chi connectivity index (χ2v) is 5.84. The van der Waals surface area contributed by atoms with Crippen LogP contribution in [0.25, 0.3) is 0 Å². The van der Waals surface area contributed by atoms with Gasteiger partial charge in [-0.15, -0.1) is 0 Å². The average Bonchev–Trinajstić information content (AvgIpc) is 2.62. The normalized spacial score (nSPS) is 11.4. The van der Waals surface area contributed by atoms with Crippen molar-refractivity contribution in [3.8, 4) is 5.75 Å². The van der Waals surface area contributed by atoms with Crippen LogP contribution in [0.5, 0.6) is 5.75 Å². The Morgan fingerprint density at radius 3 is 2.44 bits per heavy atom. The highest BCUT2D eigenvalue weighted by Gasteiger charge is 2.17. The second-order valence-electron chi connectivity index (χ2n) is 5.41. The first kappa shape index (κ1) is 18.8. The fraction of sp³-hybridized carbons (Fsp3) is 0.263. The minimum atomic E-state index is -0.788. The first-order valence-electron chi connectivity index (χ1n) is 7.94. The number of amides is 1. The van der Waals surface area contributed by atoms with Crippen LogP contribution in [0, 0.1) is 0 Å². The molecule has 2 aromatic rings. The maximum Gasteiger partial charge on any atom is 0.347 e. The van der Waals surface area contributed by atoms with Crippen LogP contribution in [0.3, 0.4) is 0 Å². The molecule has 0 aromatic heterocycles. The van der Waals surface area contributed by atoms with Crippen LogP contribution in [-0.4, -0.2) is 31.1 Å². The predicted molar refractivity (Wildman–Crippen MR) is 95.7 cm³/mol. The molecule has 0 aliphatic heterocycles. The van der Waals surface area contributed by atoms with Gasteiger partial charge in [-0.3, -0.25) is 4.79 Å². The van der Waals surface area contributed by atoms with Gasteiger partial charge in [-0.1, -0.05) is 41.9 Å². The number of halogens is 1. The number of esters is 1. The molecule has 0 heterocycles. The van der Waals surface area contributed by atoms with Crippen LogP contribution >= 0.6 is 11.6 Å². The molecule has 132 valence electrons. The summed E-state index contributed by atoms with van der Waals surface area (Å²) >= 11 is 5.82. The van der Waals surface area contributed by atoms with Gasteiger partial charge in [0.15, 0.2) is 12.7 Å². The first-order chi connectivity index (χ1) is 12.0. The summed E-state index contributed by atoms with van der Waals surface area (Å²) in [6.07, 6.45) is -0.117. The number of carbonyl (C=O) groups is 2. The number of hydrogen-bond donors (Lipinski definition) is 1. The molecule has 0 aliphatic rings. The van der Waals surface area contributed by atoms with Crippen molar-refractivity contribution in [1.29, 1.82) is 0 Å². The van der Waals surface area contributed by atoms with Gasteiger partial charge in [0.1, 0.15) is 5.75 Å². The van der Waals surface area contributed by atoms with Crippen molar-refractivity contribution in [2.75, 3.05) is 13.2 Å². The summed E-state index contributed by atoms with van der Waals surface area (Å²) in [5, 5.41) is 3.37. The highest BCUT2D eigenvalue weighted by molar-refractivity contribution is 6.30. The lowest BCUT2D eigenvalue weighted by molar-refractivity contribution is -0.154. The van der Waals surface area contributed by atoms with Gasteiger partial charge in [-0.2, -0.15) is 0 Å². The van der Waals surface area contributed by atoms with Gasteiger partial charge in [0.05, 0.1) is 0 Å². The summed E-state index contributed by atoms with van der Waals surface area (Å²) in [5.74, 6) is -0.370. The Morgan fingerprint density at radius 2 is 1.76 bits per heavy atom. The minimum absolute atomic E-state index is 0.331. The zero-order chi connectivity index (χ0) is 18.1. The molecule has 0 bridgehead atoms. The van der Waals surface area contributed by atoms with E-state index in [1.807, 2.05) is 30.3 Å². The van der Waals surface area contributed by atoms with Crippen LogP contribution in [0.2, 0.25) is 5.02 Å². The van der Waals surface area contributed by atoms with Crippen LogP contribution in [-0.2, 0) is 20.7 Å². The van der Waals surface area contributed by atoms with Gasteiger partial charge in [-0.05, 0) is 43.2 Å². The van der Waals surface area contributed by atoms with E-state index in [4.69, 9.17) is 21.1 Å². The molecule has 0 radical (unpaired) electrons. The summed E-state index contributed by atoms with van der Waals surface area (Å²) in [4.78, 5) is 23.6. The minimum Gasteiger partial charge on any atom is -0.479 e. The third-order valence-electron chi connectivity index (χ3n) is 3.38. The standard InChI is InChI=1S/C19H20ClNO4/c1-14(25-17-5-3-2-4-6-17)19(23)24-13-18(22)21-12-11-15-7-9-16(20)10-8-15/h2-10,14H,11-13H2,1H3,(H,21,22)/t14-/m0/s1. The molecule has 1 amide bonds. The van der Waals surface area contributed by atoms with E-state index in [0.29, 0.717) is 23.7 Å². The Labute approximate surface area is 151 Å². The molecule has 0 unspecified atom stereocenters. The van der Waals surface area contributed by atoms with E-state index in [0.717, 1.165) is 5.56 Å². The quantitative estimate of drug-likeness (QED) is 0.734. The van der Waals surface area contributed by atoms with Crippen molar-refractivity contribution in [2.45, 2.75) is 19.4 Å². The monoisotopic (exact) mass is 361 g/mol. The number of rotatable bonds is 8. The predicted octanol–water partition coefficient (Wildman–Crippen LogP) is 3.01. The van der Waals surface area contributed by atoms with Gasteiger partial charge in [0, 0.05) is 11.6 Å². The van der Waals surface area contributed by atoms with E-state index in [1.54, 1.807) is 31.2 Å². The summed E-state index contributed by atoms with van der Waals surface area (Å²) < 4.78 is 10.4. The summed E-state index contributed by atoms with van der Waals surface area (Å²) in [7, 11) is 0. The van der Waals surface area contributed by atoms with E-state index in [2.05, 4.69) is 5.32 Å². The average molecular weight is 362 g/mol. The van der Waals surface area contributed by atoms with Gasteiger partial charge in [0.25, 0.3) is 5.91 Å². The van der Waals surface area contributed by atoms with Crippen molar-refractivity contribution in [1.82, 2.24) is 5.32 Å². The first-order valence-corrected chi connectivity index (χ1v) is 8.32. The molecular formula is C19H20ClNO4. The Hall–Kier alpha value is -2.53. The Balaban J connectivity index is 1.65. The number of para-hydroxylation sites is 1. The molecule has 0 fully saturated rings. The number of ether oxygens (including phenoxy) is 2. The van der Waals surface area contributed by atoms with Crippen molar-refractivity contribution >= 4 is 23.5 Å². The lowest BCUT2D eigenvalue weighted by atomic mass is 10.1. The largest absolute Gasteiger partial charge is 0.479 e. The SMILES string of the molecule is C[C@H](Oc1ccccc1)C(=O)OCC(=O)NCCc1ccc(Cl)cc1. The zero-order valence-electron chi connectivity index (χ0n) is 13.9. The Bertz CT molecular complexity index is 688. The molecule has 0 aliphatic carbocycles. The molecule has 0 saturated carbocycles. The number of hydrogen-bond acceptors (Lipinski definition) is 4. The lowest BCUT2D eigenvalue weighted by Gasteiger charge is -2.13. The van der Waals surface area contributed by atoms with Gasteiger partial charge in [0.2, 0.25) is 0 Å². The third-order valence-corrected chi connectivity index (χ3v) is 3.63. The molecule has 25 heavy (non-hydrogen) atoms. The van der Waals surface area contributed by atoms with Crippen LogP contribution in [0.1, 0.15) is 12.5 Å². The topological polar surface area (TPSA) is 64.6 Å². The molecule has 6 heteroatoms.